The molecule has 5 nitrogen and oxygen atoms in total. The number of aryl methyl sites for hydroxylation is 2. The first kappa shape index (κ1) is 19.9. The molecule has 1 unspecified atom stereocenters. The number of amides is 2. The van der Waals surface area contributed by atoms with Gasteiger partial charge in [-0.3, -0.25) is 14.9 Å². The van der Waals surface area contributed by atoms with E-state index in [1.807, 2.05) is 19.1 Å². The molecule has 2 N–H and O–H groups in total. The molecule has 2 aromatic carbocycles. The third kappa shape index (κ3) is 4.29. The molecule has 0 saturated heterocycles. The fourth-order valence-corrected chi connectivity index (χ4v) is 4.54. The number of fused-ring (bicyclic) bond motifs is 1. The van der Waals surface area contributed by atoms with Crippen molar-refractivity contribution in [3.8, 4) is 0 Å². The number of benzene rings is 2. The van der Waals surface area contributed by atoms with Crippen LogP contribution in [0.4, 0.5) is 10.8 Å². The molecule has 0 spiro atoms. The SMILES string of the molecule is Cc1ccc(C(=O)Nc2nc3c(s2)CCC3C(=O)Nc2ccc(Cl)c(Cl)c2)cc1. The number of hydrogen-bond donors (Lipinski definition) is 2. The lowest BCUT2D eigenvalue weighted by Crippen LogP contribution is -2.20. The Hall–Kier alpha value is -2.41. The van der Waals surface area contributed by atoms with Crippen molar-refractivity contribution in [3.63, 3.8) is 0 Å². The van der Waals surface area contributed by atoms with Gasteiger partial charge in [-0.05, 0) is 50.1 Å². The zero-order valence-corrected chi connectivity index (χ0v) is 17.8. The molecule has 1 aromatic heterocycles. The zero-order valence-electron chi connectivity index (χ0n) is 15.5. The van der Waals surface area contributed by atoms with Gasteiger partial charge in [0.1, 0.15) is 0 Å². The van der Waals surface area contributed by atoms with Gasteiger partial charge in [0.05, 0.1) is 21.7 Å². The second-order valence-electron chi connectivity index (χ2n) is 6.86. The summed E-state index contributed by atoms with van der Waals surface area (Å²) in [6.45, 7) is 1.97. The Labute approximate surface area is 182 Å². The fraction of sp³-hybridized carbons (Fsp3) is 0.190. The van der Waals surface area contributed by atoms with Gasteiger partial charge in [-0.15, -0.1) is 11.3 Å². The summed E-state index contributed by atoms with van der Waals surface area (Å²) in [5, 5.41) is 7.02. The van der Waals surface area contributed by atoms with Crippen molar-refractivity contribution in [3.05, 3.63) is 74.2 Å². The minimum Gasteiger partial charge on any atom is -0.325 e. The molecule has 29 heavy (non-hydrogen) atoms. The van der Waals surface area contributed by atoms with Gasteiger partial charge in [0.2, 0.25) is 5.91 Å². The Kier molecular flexibility index (Phi) is 5.58. The number of thiazole rings is 1. The van der Waals surface area contributed by atoms with Crippen LogP contribution in [0.5, 0.6) is 0 Å². The quantitative estimate of drug-likeness (QED) is 0.542. The van der Waals surface area contributed by atoms with Gasteiger partial charge in [0.25, 0.3) is 5.91 Å². The summed E-state index contributed by atoms with van der Waals surface area (Å²) in [7, 11) is 0. The topological polar surface area (TPSA) is 71.1 Å². The molecule has 0 fully saturated rings. The predicted octanol–water partition coefficient (Wildman–Crippen LogP) is 5.68. The summed E-state index contributed by atoms with van der Waals surface area (Å²) in [5.41, 5.74) is 2.97. The third-order valence-corrected chi connectivity index (χ3v) is 6.54. The molecule has 1 aliphatic rings. The normalized spacial score (nSPS) is 15.1. The Morgan fingerprint density at radius 3 is 2.55 bits per heavy atom. The molecule has 8 heteroatoms. The highest BCUT2D eigenvalue weighted by molar-refractivity contribution is 7.16. The number of hydrogen-bond acceptors (Lipinski definition) is 4. The van der Waals surface area contributed by atoms with Crippen molar-refractivity contribution in [2.45, 2.75) is 25.7 Å². The highest BCUT2D eigenvalue weighted by Gasteiger charge is 2.33. The van der Waals surface area contributed by atoms with E-state index < -0.39 is 0 Å². The fourth-order valence-electron chi connectivity index (χ4n) is 3.21. The molecule has 4 rings (SSSR count). The smallest absolute Gasteiger partial charge is 0.257 e. The number of aromatic nitrogens is 1. The molecular weight excluding hydrogens is 429 g/mol. The van der Waals surface area contributed by atoms with E-state index in [0.29, 0.717) is 32.8 Å². The molecule has 2 amide bonds. The van der Waals surface area contributed by atoms with E-state index in [-0.39, 0.29) is 17.7 Å². The van der Waals surface area contributed by atoms with E-state index >= 15 is 0 Å². The van der Waals surface area contributed by atoms with Crippen LogP contribution in [0.2, 0.25) is 10.0 Å². The maximum Gasteiger partial charge on any atom is 0.257 e. The van der Waals surface area contributed by atoms with E-state index in [2.05, 4.69) is 15.6 Å². The highest BCUT2D eigenvalue weighted by Crippen LogP contribution is 2.39. The number of carbonyl (C=O) groups is 2. The Morgan fingerprint density at radius 2 is 1.83 bits per heavy atom. The van der Waals surface area contributed by atoms with Crippen LogP contribution in [0.15, 0.2) is 42.5 Å². The lowest BCUT2D eigenvalue weighted by molar-refractivity contribution is -0.117. The first-order valence-electron chi connectivity index (χ1n) is 9.04. The lowest BCUT2D eigenvalue weighted by atomic mass is 10.1. The van der Waals surface area contributed by atoms with Gasteiger partial charge in [-0.2, -0.15) is 0 Å². The molecular formula is C21H17Cl2N3O2S. The van der Waals surface area contributed by atoms with E-state index in [0.717, 1.165) is 22.6 Å². The summed E-state index contributed by atoms with van der Waals surface area (Å²) in [4.78, 5) is 30.7. The number of rotatable bonds is 4. The van der Waals surface area contributed by atoms with Crippen LogP contribution in [-0.4, -0.2) is 16.8 Å². The Bertz CT molecular complexity index is 1100. The maximum atomic E-state index is 12.7. The van der Waals surface area contributed by atoms with Gasteiger partial charge < -0.3 is 5.32 Å². The van der Waals surface area contributed by atoms with Gasteiger partial charge in [-0.25, -0.2) is 4.98 Å². The van der Waals surface area contributed by atoms with Gasteiger partial charge in [-0.1, -0.05) is 40.9 Å². The van der Waals surface area contributed by atoms with Crippen molar-refractivity contribution in [1.29, 1.82) is 0 Å². The second-order valence-corrected chi connectivity index (χ2v) is 8.76. The molecule has 1 atom stereocenters. The summed E-state index contributed by atoms with van der Waals surface area (Å²) in [6.07, 6.45) is 1.44. The molecule has 0 saturated carbocycles. The van der Waals surface area contributed by atoms with Gasteiger partial charge in [0.15, 0.2) is 5.13 Å². The maximum absolute atomic E-state index is 12.7. The number of carbonyl (C=O) groups excluding carboxylic acids is 2. The summed E-state index contributed by atoms with van der Waals surface area (Å²) >= 11 is 13.4. The number of nitrogens with one attached hydrogen (secondary N) is 2. The van der Waals surface area contributed by atoms with Crippen LogP contribution in [0, 0.1) is 6.92 Å². The van der Waals surface area contributed by atoms with Crippen molar-refractivity contribution in [2.75, 3.05) is 10.6 Å². The third-order valence-electron chi connectivity index (χ3n) is 4.76. The molecule has 1 heterocycles. The van der Waals surface area contributed by atoms with E-state index in [4.69, 9.17) is 23.2 Å². The minimum absolute atomic E-state index is 0.149. The Morgan fingerprint density at radius 1 is 1.07 bits per heavy atom. The zero-order chi connectivity index (χ0) is 20.5. The molecule has 0 radical (unpaired) electrons. The predicted molar refractivity (Wildman–Crippen MR) is 117 cm³/mol. The van der Waals surface area contributed by atoms with Crippen molar-refractivity contribution in [2.24, 2.45) is 0 Å². The van der Waals surface area contributed by atoms with Crippen LogP contribution < -0.4 is 10.6 Å². The highest BCUT2D eigenvalue weighted by atomic mass is 35.5. The average Bonchev–Trinajstić information content (AvgIpc) is 3.25. The van der Waals surface area contributed by atoms with Gasteiger partial charge in [0, 0.05) is 16.1 Å². The molecule has 3 aromatic rings. The van der Waals surface area contributed by atoms with Crippen molar-refractivity contribution >= 4 is 57.2 Å². The Balaban J connectivity index is 1.46. The van der Waals surface area contributed by atoms with Crippen LogP contribution in [-0.2, 0) is 11.2 Å². The lowest BCUT2D eigenvalue weighted by Gasteiger charge is -2.11. The monoisotopic (exact) mass is 445 g/mol. The van der Waals surface area contributed by atoms with E-state index in [1.165, 1.54) is 11.3 Å². The van der Waals surface area contributed by atoms with Crippen LogP contribution in [0.3, 0.4) is 0 Å². The standard InChI is InChI=1S/C21H17Cl2N3O2S/c1-11-2-4-12(5-3-11)19(27)26-21-25-18-14(7-9-17(18)29-21)20(28)24-13-6-8-15(22)16(23)10-13/h2-6,8,10,14H,7,9H2,1H3,(H,24,28)(H,25,26,27). The minimum atomic E-state index is -0.360. The largest absolute Gasteiger partial charge is 0.325 e. The summed E-state index contributed by atoms with van der Waals surface area (Å²) in [6, 6.07) is 12.3. The van der Waals surface area contributed by atoms with E-state index in [1.54, 1.807) is 30.3 Å². The molecule has 0 aliphatic heterocycles. The summed E-state index contributed by atoms with van der Waals surface area (Å²) < 4.78 is 0. The van der Waals surface area contributed by atoms with Gasteiger partial charge >= 0.3 is 0 Å². The first-order valence-corrected chi connectivity index (χ1v) is 10.6. The van der Waals surface area contributed by atoms with Crippen LogP contribution >= 0.6 is 34.5 Å². The van der Waals surface area contributed by atoms with Crippen LogP contribution in [0.25, 0.3) is 0 Å². The number of nitrogens with zero attached hydrogens (tertiary/aromatic N) is 1. The van der Waals surface area contributed by atoms with Crippen molar-refractivity contribution in [1.82, 2.24) is 4.98 Å². The number of anilines is 2. The molecule has 0 bridgehead atoms. The summed E-state index contributed by atoms with van der Waals surface area (Å²) in [5.74, 6) is -0.723. The second kappa shape index (κ2) is 8.14. The molecule has 1 aliphatic carbocycles. The van der Waals surface area contributed by atoms with Crippen molar-refractivity contribution < 1.29 is 9.59 Å². The average molecular weight is 446 g/mol. The first-order chi connectivity index (χ1) is 13.9. The van der Waals surface area contributed by atoms with E-state index in [9.17, 15) is 9.59 Å². The molecule has 148 valence electrons. The number of halogens is 2. The van der Waals surface area contributed by atoms with Crippen LogP contribution in [0.1, 0.15) is 38.8 Å².